The Morgan fingerprint density at radius 1 is 1.67 bits per heavy atom. The normalized spacial score (nSPS) is 11.2. The van der Waals surface area contributed by atoms with Crippen molar-refractivity contribution in [3.63, 3.8) is 0 Å². The zero-order chi connectivity index (χ0) is 8.97. The van der Waals surface area contributed by atoms with Crippen LogP contribution >= 0.6 is 0 Å². The minimum Gasteiger partial charge on any atom is -0.477 e. The van der Waals surface area contributed by atoms with E-state index in [1.165, 1.54) is 13.2 Å². The second-order valence-electron chi connectivity index (χ2n) is 2.12. The van der Waals surface area contributed by atoms with Gasteiger partial charge in [0.15, 0.2) is 5.71 Å². The van der Waals surface area contributed by atoms with E-state index >= 15 is 0 Å². The molecule has 12 heavy (non-hydrogen) atoms. The first-order chi connectivity index (χ1) is 5.75. The van der Waals surface area contributed by atoms with Crippen molar-refractivity contribution in [3.8, 4) is 0 Å². The third kappa shape index (κ3) is 1.66. The molecule has 0 atom stereocenters. The molecule has 0 spiro atoms. The van der Waals surface area contributed by atoms with Crippen LogP contribution in [0.5, 0.6) is 0 Å². The van der Waals surface area contributed by atoms with Crippen molar-refractivity contribution in [1.82, 2.24) is 4.98 Å². The molecule has 4 nitrogen and oxygen atoms in total. The standard InChI is InChI=1S/C8H8N2O2/c1-9-7(8(11)12)6-3-2-4-10-5-6/h2-5H,1H3,(H,11,12). The first-order valence-corrected chi connectivity index (χ1v) is 3.36. The molecule has 0 aromatic carbocycles. The molecule has 0 aliphatic heterocycles. The highest BCUT2D eigenvalue weighted by atomic mass is 16.4. The van der Waals surface area contributed by atoms with Crippen molar-refractivity contribution in [3.05, 3.63) is 30.1 Å². The third-order valence-electron chi connectivity index (χ3n) is 1.36. The largest absolute Gasteiger partial charge is 0.477 e. The van der Waals surface area contributed by atoms with Crippen molar-refractivity contribution in [2.45, 2.75) is 0 Å². The summed E-state index contributed by atoms with van der Waals surface area (Å²) in [5, 5.41) is 8.67. The molecule has 0 fully saturated rings. The fourth-order valence-corrected chi connectivity index (χ4v) is 0.851. The average molecular weight is 164 g/mol. The van der Waals surface area contributed by atoms with Crippen LogP contribution in [0.1, 0.15) is 5.56 Å². The van der Waals surface area contributed by atoms with E-state index in [1.807, 2.05) is 0 Å². The lowest BCUT2D eigenvalue weighted by atomic mass is 10.2. The molecule has 0 aliphatic carbocycles. The molecule has 0 bridgehead atoms. The van der Waals surface area contributed by atoms with E-state index in [4.69, 9.17) is 5.11 Å². The van der Waals surface area contributed by atoms with E-state index < -0.39 is 5.97 Å². The van der Waals surface area contributed by atoms with Gasteiger partial charge in [-0.3, -0.25) is 9.98 Å². The summed E-state index contributed by atoms with van der Waals surface area (Å²) in [6.45, 7) is 0. The van der Waals surface area contributed by atoms with E-state index in [0.717, 1.165) is 0 Å². The number of nitrogens with zero attached hydrogens (tertiary/aromatic N) is 2. The van der Waals surface area contributed by atoms with Crippen LogP contribution in [0, 0.1) is 0 Å². The molecule has 0 radical (unpaired) electrons. The van der Waals surface area contributed by atoms with Crippen molar-refractivity contribution in [1.29, 1.82) is 0 Å². The number of pyridine rings is 1. The van der Waals surface area contributed by atoms with Gasteiger partial charge < -0.3 is 5.11 Å². The average Bonchev–Trinajstić information content (AvgIpc) is 2.07. The van der Waals surface area contributed by atoms with Crippen molar-refractivity contribution < 1.29 is 9.90 Å². The van der Waals surface area contributed by atoms with Gasteiger partial charge in [0, 0.05) is 25.0 Å². The first kappa shape index (κ1) is 8.39. The van der Waals surface area contributed by atoms with E-state index in [0.29, 0.717) is 5.56 Å². The van der Waals surface area contributed by atoms with Gasteiger partial charge in [0.05, 0.1) is 0 Å². The molecule has 0 saturated carbocycles. The quantitative estimate of drug-likeness (QED) is 0.650. The summed E-state index contributed by atoms with van der Waals surface area (Å²) in [4.78, 5) is 18.0. The molecule has 1 rings (SSSR count). The van der Waals surface area contributed by atoms with Gasteiger partial charge in [-0.2, -0.15) is 0 Å². The summed E-state index contributed by atoms with van der Waals surface area (Å²) in [5.74, 6) is -1.04. The van der Waals surface area contributed by atoms with Crippen LogP contribution in [-0.4, -0.2) is 28.8 Å². The summed E-state index contributed by atoms with van der Waals surface area (Å²) in [6.07, 6.45) is 3.05. The Bertz CT molecular complexity index is 306. The van der Waals surface area contributed by atoms with E-state index in [9.17, 15) is 4.79 Å². The highest BCUT2D eigenvalue weighted by molar-refractivity contribution is 6.42. The molecular formula is C8H8N2O2. The predicted molar refractivity (Wildman–Crippen MR) is 44.3 cm³/mol. The molecule has 0 unspecified atom stereocenters. The minimum absolute atomic E-state index is 0.0306. The topological polar surface area (TPSA) is 62.5 Å². The first-order valence-electron chi connectivity index (χ1n) is 3.36. The van der Waals surface area contributed by atoms with E-state index in [-0.39, 0.29) is 5.71 Å². The van der Waals surface area contributed by atoms with Crippen LogP contribution in [0.2, 0.25) is 0 Å². The lowest BCUT2D eigenvalue weighted by Gasteiger charge is -1.97. The molecule has 1 heterocycles. The molecule has 0 amide bonds. The minimum atomic E-state index is -1.04. The maximum absolute atomic E-state index is 10.6. The maximum atomic E-state index is 10.6. The monoisotopic (exact) mass is 164 g/mol. The summed E-state index contributed by atoms with van der Waals surface area (Å²) in [6, 6.07) is 3.33. The Hall–Kier alpha value is -1.71. The molecule has 1 aromatic rings. The third-order valence-corrected chi connectivity index (χ3v) is 1.36. The Morgan fingerprint density at radius 2 is 2.42 bits per heavy atom. The van der Waals surface area contributed by atoms with Gasteiger partial charge >= 0.3 is 5.97 Å². The van der Waals surface area contributed by atoms with E-state index in [2.05, 4.69) is 9.98 Å². The number of rotatable bonds is 2. The summed E-state index contributed by atoms with van der Waals surface area (Å²) in [5.41, 5.74) is 0.551. The Balaban J connectivity index is 3.05. The van der Waals surface area contributed by atoms with Gasteiger partial charge in [0.2, 0.25) is 0 Å². The lowest BCUT2D eigenvalue weighted by Crippen LogP contribution is -2.14. The van der Waals surface area contributed by atoms with Crippen LogP contribution in [0.25, 0.3) is 0 Å². The van der Waals surface area contributed by atoms with Gasteiger partial charge in [0.1, 0.15) is 0 Å². The Kier molecular flexibility index (Phi) is 2.53. The Morgan fingerprint density at radius 3 is 2.83 bits per heavy atom. The lowest BCUT2D eigenvalue weighted by molar-refractivity contribution is -0.129. The zero-order valence-corrected chi connectivity index (χ0v) is 6.56. The smallest absolute Gasteiger partial charge is 0.354 e. The second-order valence-corrected chi connectivity index (χ2v) is 2.12. The number of hydrogen-bond acceptors (Lipinski definition) is 3. The van der Waals surface area contributed by atoms with Gasteiger partial charge in [-0.05, 0) is 12.1 Å². The molecule has 1 N–H and O–H groups in total. The van der Waals surface area contributed by atoms with Crippen LogP contribution in [0.3, 0.4) is 0 Å². The number of aromatic nitrogens is 1. The van der Waals surface area contributed by atoms with Gasteiger partial charge in [-0.1, -0.05) is 0 Å². The SMILES string of the molecule is CN=C(C(=O)O)c1cccnc1. The zero-order valence-electron chi connectivity index (χ0n) is 6.56. The van der Waals surface area contributed by atoms with E-state index in [1.54, 1.807) is 18.3 Å². The van der Waals surface area contributed by atoms with Crippen LogP contribution < -0.4 is 0 Å². The number of carbonyl (C=O) groups is 1. The fraction of sp³-hybridized carbons (Fsp3) is 0.125. The van der Waals surface area contributed by atoms with Crippen LogP contribution in [0.4, 0.5) is 0 Å². The second kappa shape index (κ2) is 3.61. The summed E-state index contributed by atoms with van der Waals surface area (Å²) in [7, 11) is 1.44. The van der Waals surface area contributed by atoms with Gasteiger partial charge in [-0.25, -0.2) is 4.79 Å². The number of carboxylic acids is 1. The highest BCUT2D eigenvalue weighted by Crippen LogP contribution is 1.98. The number of aliphatic imine (C=N–C) groups is 1. The molecule has 1 aromatic heterocycles. The van der Waals surface area contributed by atoms with Crippen molar-refractivity contribution in [2.24, 2.45) is 4.99 Å². The highest BCUT2D eigenvalue weighted by Gasteiger charge is 2.09. The van der Waals surface area contributed by atoms with Gasteiger partial charge in [0.25, 0.3) is 0 Å². The number of aliphatic carboxylic acids is 1. The predicted octanol–water partition coefficient (Wildman–Crippen LogP) is 0.585. The Labute approximate surface area is 69.6 Å². The van der Waals surface area contributed by atoms with Crippen LogP contribution in [-0.2, 0) is 4.79 Å². The fourth-order valence-electron chi connectivity index (χ4n) is 0.851. The van der Waals surface area contributed by atoms with Crippen LogP contribution in [0.15, 0.2) is 29.5 Å². The molecule has 0 aliphatic rings. The van der Waals surface area contributed by atoms with Gasteiger partial charge in [-0.15, -0.1) is 0 Å². The van der Waals surface area contributed by atoms with Crippen molar-refractivity contribution in [2.75, 3.05) is 7.05 Å². The number of hydrogen-bond donors (Lipinski definition) is 1. The maximum Gasteiger partial charge on any atom is 0.354 e. The number of carboxylic acid groups (broad SMARTS) is 1. The summed E-state index contributed by atoms with van der Waals surface area (Å²) >= 11 is 0. The molecule has 0 saturated heterocycles. The van der Waals surface area contributed by atoms with Crippen molar-refractivity contribution >= 4 is 11.7 Å². The molecule has 62 valence electrons. The molecular weight excluding hydrogens is 156 g/mol. The molecule has 4 heteroatoms. The summed E-state index contributed by atoms with van der Waals surface area (Å²) < 4.78 is 0.